The van der Waals surface area contributed by atoms with Gasteiger partial charge in [0, 0.05) is 39.6 Å². The van der Waals surface area contributed by atoms with E-state index in [4.69, 9.17) is 0 Å². The van der Waals surface area contributed by atoms with Gasteiger partial charge in [-0.05, 0) is 163 Å². The molecule has 13 rings (SSSR count). The van der Waals surface area contributed by atoms with Crippen molar-refractivity contribution in [3.63, 3.8) is 0 Å². The summed E-state index contributed by atoms with van der Waals surface area (Å²) in [5.41, 5.74) is 22.0. The Balaban J connectivity index is 0.873. The van der Waals surface area contributed by atoms with E-state index in [-0.39, 0.29) is 0 Å². The van der Waals surface area contributed by atoms with Gasteiger partial charge in [-0.2, -0.15) is 0 Å². The van der Waals surface area contributed by atoms with Crippen molar-refractivity contribution in [3.8, 4) is 44.5 Å². The first kappa shape index (κ1) is 42.1. The number of para-hydroxylation sites is 1. The maximum Gasteiger partial charge on any atom is 0.0540 e. The summed E-state index contributed by atoms with van der Waals surface area (Å²) in [6, 6.07) is 93.5. The Labute approximate surface area is 416 Å². The summed E-state index contributed by atoms with van der Waals surface area (Å²) >= 11 is 0. The van der Waals surface area contributed by atoms with Crippen molar-refractivity contribution >= 4 is 55.6 Å². The maximum absolute atomic E-state index is 2.47. The average molecular weight is 907 g/mol. The molecule has 2 nitrogen and oxygen atoms in total. The van der Waals surface area contributed by atoms with Crippen LogP contribution in [0.3, 0.4) is 0 Å². The van der Waals surface area contributed by atoms with E-state index in [1.165, 1.54) is 94.0 Å². The van der Waals surface area contributed by atoms with Crippen LogP contribution >= 0.6 is 0 Å². The van der Waals surface area contributed by atoms with Gasteiger partial charge in [0.15, 0.2) is 0 Å². The lowest BCUT2D eigenvalue weighted by atomic mass is 9.94. The van der Waals surface area contributed by atoms with Crippen molar-refractivity contribution in [2.45, 2.75) is 19.3 Å². The zero-order valence-electron chi connectivity index (χ0n) is 39.4. The first-order chi connectivity index (χ1) is 35.2. The molecule has 0 unspecified atom stereocenters. The number of anilines is 5. The Kier molecular flexibility index (Phi) is 10.8. The van der Waals surface area contributed by atoms with Gasteiger partial charge >= 0.3 is 0 Å². The van der Waals surface area contributed by atoms with Gasteiger partial charge in [-0.3, -0.25) is 0 Å². The highest BCUT2D eigenvalue weighted by Crippen LogP contribution is 2.46. The second kappa shape index (κ2) is 18.2. The monoisotopic (exact) mass is 906 g/mol. The number of hydrogen-bond donors (Lipinski definition) is 0. The zero-order valence-corrected chi connectivity index (χ0v) is 39.4. The predicted octanol–water partition coefficient (Wildman–Crippen LogP) is 18.9. The van der Waals surface area contributed by atoms with Crippen LogP contribution in [0.1, 0.15) is 29.5 Å². The Morgan fingerprint density at radius 2 is 0.690 bits per heavy atom. The normalized spacial score (nSPS) is 12.8. The first-order valence-corrected chi connectivity index (χ1v) is 24.8. The predicted molar refractivity (Wildman–Crippen MR) is 301 cm³/mol. The molecule has 0 spiro atoms. The third-order valence-electron chi connectivity index (χ3n) is 14.4. The largest absolute Gasteiger partial charge is 0.310 e. The Hall–Kier alpha value is -8.98. The Morgan fingerprint density at radius 1 is 0.268 bits per heavy atom. The molecule has 2 heteroatoms. The molecule has 0 radical (unpaired) electrons. The summed E-state index contributed by atoms with van der Waals surface area (Å²) in [5, 5.41) is 4.97. The number of hydrogen-bond acceptors (Lipinski definition) is 2. The van der Waals surface area contributed by atoms with Gasteiger partial charge in [0.2, 0.25) is 0 Å². The minimum atomic E-state index is 0.892. The van der Waals surface area contributed by atoms with E-state index >= 15 is 0 Å². The Bertz CT molecular complexity index is 3800. The fourth-order valence-corrected chi connectivity index (χ4v) is 11.0. The molecule has 2 aliphatic rings. The van der Waals surface area contributed by atoms with Crippen molar-refractivity contribution < 1.29 is 0 Å². The first-order valence-electron chi connectivity index (χ1n) is 24.8. The van der Waals surface area contributed by atoms with Gasteiger partial charge in [0.1, 0.15) is 0 Å². The fourth-order valence-electron chi connectivity index (χ4n) is 11.0. The molecule has 2 aliphatic carbocycles. The molecule has 0 bridgehead atoms. The molecule has 0 atom stereocenters. The van der Waals surface area contributed by atoms with Gasteiger partial charge in [-0.15, -0.1) is 0 Å². The maximum atomic E-state index is 2.47. The summed E-state index contributed by atoms with van der Waals surface area (Å²) < 4.78 is 0. The lowest BCUT2D eigenvalue weighted by Crippen LogP contribution is -2.19. The summed E-state index contributed by atoms with van der Waals surface area (Å²) in [5.74, 6) is 0. The van der Waals surface area contributed by atoms with Crippen LogP contribution in [0.5, 0.6) is 0 Å². The third-order valence-corrected chi connectivity index (χ3v) is 14.4. The summed E-state index contributed by atoms with van der Waals surface area (Å²) in [4.78, 5) is 4.89. The lowest BCUT2D eigenvalue weighted by Gasteiger charge is -2.32. The smallest absolute Gasteiger partial charge is 0.0540 e. The van der Waals surface area contributed by atoms with Gasteiger partial charge in [-0.25, -0.2) is 0 Å². The van der Waals surface area contributed by atoms with Crippen molar-refractivity contribution in [2.24, 2.45) is 0 Å². The van der Waals surface area contributed by atoms with Crippen LogP contribution in [0.4, 0.5) is 28.4 Å². The molecule has 0 amide bonds. The van der Waals surface area contributed by atoms with E-state index in [1.54, 1.807) is 0 Å². The second-order valence-corrected chi connectivity index (χ2v) is 18.8. The minimum Gasteiger partial charge on any atom is -0.310 e. The van der Waals surface area contributed by atoms with E-state index in [1.807, 2.05) is 0 Å². The molecular weight excluding hydrogens is 857 g/mol. The van der Waals surface area contributed by atoms with Crippen molar-refractivity contribution in [1.82, 2.24) is 0 Å². The average Bonchev–Trinajstić information content (AvgIpc) is 3.79. The zero-order chi connectivity index (χ0) is 47.1. The molecule has 0 N–H and O–H groups in total. The molecule has 0 fully saturated rings. The van der Waals surface area contributed by atoms with Gasteiger partial charge < -0.3 is 9.80 Å². The number of fused-ring (bicyclic) bond motifs is 5. The summed E-state index contributed by atoms with van der Waals surface area (Å²) in [6.45, 7) is 0. The van der Waals surface area contributed by atoms with Crippen molar-refractivity contribution in [3.05, 3.63) is 289 Å². The number of allylic oxidation sites excluding steroid dienone is 3. The highest BCUT2D eigenvalue weighted by Gasteiger charge is 2.25. The molecule has 11 aromatic rings. The van der Waals surface area contributed by atoms with E-state index < -0.39 is 0 Å². The summed E-state index contributed by atoms with van der Waals surface area (Å²) in [7, 11) is 0. The quantitative estimate of drug-likeness (QED) is 0.135. The molecule has 336 valence electrons. The number of rotatable bonds is 10. The van der Waals surface area contributed by atoms with Crippen LogP contribution in [0, 0.1) is 0 Å². The van der Waals surface area contributed by atoms with E-state index in [2.05, 4.69) is 277 Å². The van der Waals surface area contributed by atoms with Gasteiger partial charge in [-0.1, -0.05) is 200 Å². The lowest BCUT2D eigenvalue weighted by molar-refractivity contribution is 1.00. The molecular formula is C69H50N2. The SMILES string of the molecule is C1=C(c2ccccc2)C(N(c2ccc(-c3ccccc3)cc2)c2ccc3cc4c(cc3c2)Cc2cc3cc(N(c5ccc(-c6ccccc6)cc5)c5ccccc5-c5ccccc5)ccc3cc2-4)=CCC1. The second-order valence-electron chi connectivity index (χ2n) is 18.8. The van der Waals surface area contributed by atoms with Crippen molar-refractivity contribution in [1.29, 1.82) is 0 Å². The topological polar surface area (TPSA) is 6.48 Å². The molecule has 0 aromatic heterocycles. The molecule has 0 heterocycles. The molecule has 71 heavy (non-hydrogen) atoms. The van der Waals surface area contributed by atoms with E-state index in [0.717, 1.165) is 47.7 Å². The molecule has 0 saturated heterocycles. The van der Waals surface area contributed by atoms with Gasteiger partial charge in [0.25, 0.3) is 0 Å². The van der Waals surface area contributed by atoms with Crippen LogP contribution in [0.25, 0.3) is 71.6 Å². The van der Waals surface area contributed by atoms with Crippen LogP contribution in [0.2, 0.25) is 0 Å². The van der Waals surface area contributed by atoms with E-state index in [0.29, 0.717) is 0 Å². The minimum absolute atomic E-state index is 0.892. The van der Waals surface area contributed by atoms with Crippen molar-refractivity contribution in [2.75, 3.05) is 9.80 Å². The van der Waals surface area contributed by atoms with Crippen LogP contribution in [-0.4, -0.2) is 0 Å². The molecule has 11 aromatic carbocycles. The van der Waals surface area contributed by atoms with Gasteiger partial charge in [0.05, 0.1) is 5.69 Å². The molecule has 0 saturated carbocycles. The fraction of sp³-hybridized carbons (Fsp3) is 0.0435. The van der Waals surface area contributed by atoms with Crippen LogP contribution in [-0.2, 0) is 6.42 Å². The van der Waals surface area contributed by atoms with Crippen LogP contribution < -0.4 is 9.80 Å². The molecule has 0 aliphatic heterocycles. The number of nitrogens with zero attached hydrogens (tertiary/aromatic N) is 2. The summed E-state index contributed by atoms with van der Waals surface area (Å²) in [6.07, 6.45) is 7.76. The third kappa shape index (κ3) is 8.00. The number of benzene rings is 11. The highest BCUT2D eigenvalue weighted by molar-refractivity contribution is 6.00. The Morgan fingerprint density at radius 3 is 1.24 bits per heavy atom. The standard InChI is InChI=1S/C69H50N2/c1-5-17-48(18-6-1)50-29-35-60(36-30-50)70(68-27-15-13-25-64(68)52-21-9-3-10-22-52)62-39-33-54-46-66-58(41-56(54)44-62)43-59-42-57-45-63(40-34-55(57)47-67(59)66)71(61-37-31-51(32-38-61)49-19-7-2-8-20-49)69-28-16-14-26-65(69)53-23-11-4-12-24-53/h1-13,15,17-42,44-47H,14,16,43H2. The van der Waals surface area contributed by atoms with E-state index in [9.17, 15) is 0 Å². The van der Waals surface area contributed by atoms with Crippen LogP contribution in [0.15, 0.2) is 273 Å². The highest BCUT2D eigenvalue weighted by atomic mass is 15.2.